The van der Waals surface area contributed by atoms with Crippen LogP contribution in [-0.2, 0) is 13.2 Å². The van der Waals surface area contributed by atoms with Crippen LogP contribution in [0.2, 0.25) is 5.02 Å². The Bertz CT molecular complexity index is 1200. The molecule has 0 aliphatic heterocycles. The normalized spacial score (nSPS) is 10.8. The molecule has 4 rings (SSSR count). The van der Waals surface area contributed by atoms with Crippen LogP contribution in [0.15, 0.2) is 59.4 Å². The maximum absolute atomic E-state index is 12.7. The molecule has 31 heavy (non-hydrogen) atoms. The Morgan fingerprint density at radius 3 is 2.71 bits per heavy atom. The number of nitrogens with zero attached hydrogens (tertiary/aromatic N) is 4. The lowest BCUT2D eigenvalue weighted by atomic mass is 10.1. The summed E-state index contributed by atoms with van der Waals surface area (Å²) in [6.07, 6.45) is 1.56. The average molecular weight is 438 g/mol. The van der Waals surface area contributed by atoms with E-state index in [1.807, 2.05) is 43.3 Å². The summed E-state index contributed by atoms with van der Waals surface area (Å²) in [4.78, 5) is 16.9. The zero-order chi connectivity index (χ0) is 21.8. The monoisotopic (exact) mass is 437 g/mol. The zero-order valence-electron chi connectivity index (χ0n) is 17.0. The number of hydrogen-bond donors (Lipinski definition) is 1. The third-order valence-corrected chi connectivity index (χ3v) is 4.95. The van der Waals surface area contributed by atoms with E-state index < -0.39 is 5.91 Å². The van der Waals surface area contributed by atoms with Crippen LogP contribution in [0.25, 0.3) is 0 Å². The number of ether oxygens (including phenoxy) is 1. The smallest absolute Gasteiger partial charge is 0.280 e. The second-order valence-corrected chi connectivity index (χ2v) is 7.40. The fourth-order valence-electron chi connectivity index (χ4n) is 2.92. The van der Waals surface area contributed by atoms with Gasteiger partial charge in [-0.15, -0.1) is 5.10 Å². The maximum atomic E-state index is 12.7. The van der Waals surface area contributed by atoms with Crippen molar-refractivity contribution >= 4 is 23.5 Å². The quantitative estimate of drug-likeness (QED) is 0.460. The van der Waals surface area contributed by atoms with E-state index >= 15 is 0 Å². The molecule has 9 heteroatoms. The number of anilines is 1. The SMILES string of the molecule is Cc1ccc(Cn2cnc(NC(=O)c3noc(C)c3COc3ccccc3Cl)n2)cc1. The first-order chi connectivity index (χ1) is 15.0. The summed E-state index contributed by atoms with van der Waals surface area (Å²) in [7, 11) is 0. The van der Waals surface area contributed by atoms with Crippen molar-refractivity contribution in [1.82, 2.24) is 19.9 Å². The first kappa shape index (κ1) is 20.6. The minimum absolute atomic E-state index is 0.0805. The highest BCUT2D eigenvalue weighted by molar-refractivity contribution is 6.32. The Balaban J connectivity index is 1.43. The van der Waals surface area contributed by atoms with Gasteiger partial charge < -0.3 is 9.26 Å². The molecule has 0 saturated carbocycles. The van der Waals surface area contributed by atoms with E-state index in [4.69, 9.17) is 20.9 Å². The van der Waals surface area contributed by atoms with E-state index in [-0.39, 0.29) is 18.2 Å². The van der Waals surface area contributed by atoms with E-state index in [2.05, 4.69) is 20.6 Å². The first-order valence-corrected chi connectivity index (χ1v) is 9.96. The first-order valence-electron chi connectivity index (χ1n) is 9.58. The van der Waals surface area contributed by atoms with Crippen LogP contribution in [0.1, 0.15) is 32.9 Å². The molecule has 0 unspecified atom stereocenters. The number of aryl methyl sites for hydroxylation is 2. The predicted octanol–water partition coefficient (Wildman–Crippen LogP) is 4.42. The molecule has 2 heterocycles. The molecule has 0 aliphatic rings. The highest BCUT2D eigenvalue weighted by Gasteiger charge is 2.22. The highest BCUT2D eigenvalue weighted by Crippen LogP contribution is 2.25. The molecular formula is C22H20ClN5O3. The summed E-state index contributed by atoms with van der Waals surface area (Å²) in [5.41, 5.74) is 2.91. The molecule has 2 aromatic heterocycles. The number of hydrogen-bond acceptors (Lipinski definition) is 6. The fraction of sp³-hybridized carbons (Fsp3) is 0.182. The van der Waals surface area contributed by atoms with E-state index in [0.29, 0.717) is 28.6 Å². The Hall–Kier alpha value is -3.65. The third kappa shape index (κ3) is 4.92. The lowest BCUT2D eigenvalue weighted by Gasteiger charge is -2.08. The molecule has 0 spiro atoms. The maximum Gasteiger partial charge on any atom is 0.280 e. The Labute approximate surface area is 183 Å². The molecule has 2 aromatic carbocycles. The summed E-state index contributed by atoms with van der Waals surface area (Å²) >= 11 is 6.12. The van der Waals surface area contributed by atoms with Crippen LogP contribution in [0.5, 0.6) is 5.75 Å². The van der Waals surface area contributed by atoms with E-state index in [1.54, 1.807) is 30.1 Å². The molecule has 1 N–H and O–H groups in total. The Kier molecular flexibility index (Phi) is 5.99. The summed E-state index contributed by atoms with van der Waals surface area (Å²) in [5.74, 6) is 0.682. The van der Waals surface area contributed by atoms with E-state index in [9.17, 15) is 4.79 Å². The lowest BCUT2D eigenvalue weighted by molar-refractivity contribution is 0.101. The average Bonchev–Trinajstić information content (AvgIpc) is 3.35. The summed E-state index contributed by atoms with van der Waals surface area (Å²) < 4.78 is 12.6. The van der Waals surface area contributed by atoms with Crippen molar-refractivity contribution in [3.63, 3.8) is 0 Å². The molecule has 0 fully saturated rings. The summed E-state index contributed by atoms with van der Waals surface area (Å²) in [5, 5.41) is 11.3. The molecule has 0 radical (unpaired) electrons. The molecule has 1 amide bonds. The van der Waals surface area contributed by atoms with Crippen molar-refractivity contribution in [2.45, 2.75) is 27.0 Å². The standard InChI is InChI=1S/C22H20ClN5O3/c1-14-7-9-16(10-8-14)11-28-13-24-22(26-28)25-21(29)20-17(15(2)31-27-20)12-30-19-6-4-3-5-18(19)23/h3-10,13H,11-12H2,1-2H3,(H,25,26,29). The zero-order valence-corrected chi connectivity index (χ0v) is 17.8. The fourth-order valence-corrected chi connectivity index (χ4v) is 3.11. The van der Waals surface area contributed by atoms with Gasteiger partial charge in [-0.2, -0.15) is 0 Å². The van der Waals surface area contributed by atoms with Crippen molar-refractivity contribution in [3.8, 4) is 5.75 Å². The largest absolute Gasteiger partial charge is 0.487 e. The van der Waals surface area contributed by atoms with Crippen molar-refractivity contribution in [2.75, 3.05) is 5.32 Å². The topological polar surface area (TPSA) is 95.1 Å². The molecule has 0 saturated heterocycles. The molecule has 8 nitrogen and oxygen atoms in total. The van der Waals surface area contributed by atoms with E-state index in [0.717, 1.165) is 5.56 Å². The van der Waals surface area contributed by atoms with Gasteiger partial charge in [-0.25, -0.2) is 9.67 Å². The molecule has 0 aliphatic carbocycles. The second kappa shape index (κ2) is 9.01. The van der Waals surface area contributed by atoms with Gasteiger partial charge in [0.2, 0.25) is 5.95 Å². The second-order valence-electron chi connectivity index (χ2n) is 6.99. The van der Waals surface area contributed by atoms with Gasteiger partial charge in [-0.05, 0) is 31.5 Å². The number of benzene rings is 2. The number of amides is 1. The van der Waals surface area contributed by atoms with Gasteiger partial charge in [-0.3, -0.25) is 10.1 Å². The van der Waals surface area contributed by atoms with Crippen molar-refractivity contribution in [2.24, 2.45) is 0 Å². The number of para-hydroxylation sites is 1. The van der Waals surface area contributed by atoms with Crippen molar-refractivity contribution in [1.29, 1.82) is 0 Å². The van der Waals surface area contributed by atoms with Crippen LogP contribution in [0, 0.1) is 13.8 Å². The van der Waals surface area contributed by atoms with Crippen LogP contribution in [0.3, 0.4) is 0 Å². The van der Waals surface area contributed by atoms with Crippen LogP contribution >= 0.6 is 11.6 Å². The number of aromatic nitrogens is 4. The minimum Gasteiger partial charge on any atom is -0.487 e. The molecule has 4 aromatic rings. The lowest BCUT2D eigenvalue weighted by Crippen LogP contribution is -2.16. The summed E-state index contributed by atoms with van der Waals surface area (Å²) in [6, 6.07) is 15.2. The highest BCUT2D eigenvalue weighted by atomic mass is 35.5. The van der Waals surface area contributed by atoms with Crippen molar-refractivity contribution < 1.29 is 14.1 Å². The van der Waals surface area contributed by atoms with Gasteiger partial charge in [0.1, 0.15) is 24.4 Å². The van der Waals surface area contributed by atoms with Crippen LogP contribution in [0.4, 0.5) is 5.95 Å². The summed E-state index contributed by atoms with van der Waals surface area (Å²) in [6.45, 7) is 4.37. The van der Waals surface area contributed by atoms with E-state index in [1.165, 1.54) is 5.56 Å². The Morgan fingerprint density at radius 1 is 1.16 bits per heavy atom. The number of rotatable bonds is 7. The Morgan fingerprint density at radius 2 is 1.94 bits per heavy atom. The minimum atomic E-state index is -0.484. The van der Waals surface area contributed by atoms with Gasteiger partial charge >= 0.3 is 0 Å². The van der Waals surface area contributed by atoms with Crippen molar-refractivity contribution in [3.05, 3.63) is 88.0 Å². The molecule has 158 valence electrons. The van der Waals surface area contributed by atoms with Gasteiger partial charge in [0.05, 0.1) is 17.1 Å². The molecular weight excluding hydrogens is 418 g/mol. The van der Waals surface area contributed by atoms with Gasteiger partial charge in [0.15, 0.2) is 5.69 Å². The number of carbonyl (C=O) groups excluding carboxylic acids is 1. The third-order valence-electron chi connectivity index (χ3n) is 4.64. The number of halogens is 1. The van der Waals surface area contributed by atoms with Crippen LogP contribution < -0.4 is 10.1 Å². The van der Waals surface area contributed by atoms with Gasteiger partial charge in [0.25, 0.3) is 5.91 Å². The molecule has 0 atom stereocenters. The van der Waals surface area contributed by atoms with Crippen LogP contribution in [-0.4, -0.2) is 25.8 Å². The molecule has 0 bridgehead atoms. The predicted molar refractivity (Wildman–Crippen MR) is 115 cm³/mol. The number of nitrogens with one attached hydrogen (secondary N) is 1. The van der Waals surface area contributed by atoms with Gasteiger partial charge in [0, 0.05) is 0 Å². The number of carbonyl (C=O) groups is 1. The van der Waals surface area contributed by atoms with Gasteiger partial charge in [-0.1, -0.05) is 58.7 Å².